The molecule has 0 bridgehead atoms. The first kappa shape index (κ1) is 30.0. The molecule has 0 saturated carbocycles. The van der Waals surface area contributed by atoms with Crippen molar-refractivity contribution >= 4 is 34.3 Å². The van der Waals surface area contributed by atoms with Crippen molar-refractivity contribution < 1.29 is 51.2 Å². The Morgan fingerprint density at radius 2 is 1.56 bits per heavy atom. The van der Waals surface area contributed by atoms with E-state index in [-0.39, 0.29) is 11.4 Å². The summed E-state index contributed by atoms with van der Waals surface area (Å²) in [5.41, 5.74) is 1.18. The van der Waals surface area contributed by atoms with Crippen molar-refractivity contribution in [2.24, 2.45) is 7.05 Å². The van der Waals surface area contributed by atoms with Crippen LogP contribution in [0.2, 0.25) is 0 Å². The van der Waals surface area contributed by atoms with Crippen molar-refractivity contribution in [1.29, 1.82) is 0 Å². The predicted octanol–water partition coefficient (Wildman–Crippen LogP) is 4.06. The fourth-order valence-electron chi connectivity index (χ4n) is 4.60. The first-order valence-corrected chi connectivity index (χ1v) is 12.3. The zero-order chi connectivity index (χ0) is 29.9. The summed E-state index contributed by atoms with van der Waals surface area (Å²) < 4.78 is 70.1. The summed E-state index contributed by atoms with van der Waals surface area (Å²) in [5, 5.41) is 9.94. The fourth-order valence-corrected chi connectivity index (χ4v) is 4.60. The highest BCUT2D eigenvalue weighted by molar-refractivity contribution is 6.11. The molecule has 0 unspecified atom stereocenters. The van der Waals surface area contributed by atoms with E-state index in [9.17, 15) is 22.8 Å². The van der Waals surface area contributed by atoms with Gasteiger partial charge in [-0.15, -0.1) is 13.2 Å². The maximum atomic E-state index is 12.9. The molecule has 4 rings (SSSR count). The molecule has 1 aliphatic rings. The van der Waals surface area contributed by atoms with E-state index in [0.717, 1.165) is 12.1 Å². The number of methoxy groups -OCH3 is 3. The minimum Gasteiger partial charge on any atom is -0.416 e. The van der Waals surface area contributed by atoms with Crippen molar-refractivity contribution in [3.05, 3.63) is 48.2 Å². The van der Waals surface area contributed by atoms with Crippen LogP contribution in [0.4, 0.5) is 29.3 Å². The van der Waals surface area contributed by atoms with E-state index < -0.39 is 54.8 Å². The quantitative estimate of drug-likeness (QED) is 0.404. The van der Waals surface area contributed by atoms with Gasteiger partial charge in [-0.2, -0.15) is 5.10 Å². The van der Waals surface area contributed by atoms with Gasteiger partial charge >= 0.3 is 12.5 Å². The summed E-state index contributed by atoms with van der Waals surface area (Å²) in [6, 6.07) is 9.45. The molecule has 12 nitrogen and oxygen atoms in total. The van der Waals surface area contributed by atoms with E-state index in [1.54, 1.807) is 32.2 Å². The van der Waals surface area contributed by atoms with Gasteiger partial charge in [0.15, 0.2) is 5.69 Å². The highest BCUT2D eigenvalue weighted by atomic mass is 19.4. The van der Waals surface area contributed by atoms with Gasteiger partial charge in [-0.1, -0.05) is 0 Å². The Hall–Kier alpha value is -3.92. The molecule has 1 aromatic heterocycles. The summed E-state index contributed by atoms with van der Waals surface area (Å²) in [6.45, 7) is 1.77. The van der Waals surface area contributed by atoms with Crippen LogP contribution in [0.1, 0.15) is 17.4 Å². The lowest BCUT2D eigenvalue weighted by molar-refractivity contribution is -0.288. The van der Waals surface area contributed by atoms with E-state index in [2.05, 4.69) is 20.5 Å². The van der Waals surface area contributed by atoms with E-state index in [4.69, 9.17) is 23.7 Å². The number of aromatic nitrogens is 2. The molecule has 2 amide bonds. The minimum absolute atomic E-state index is 0.0677. The third-order valence-corrected chi connectivity index (χ3v) is 6.43. The monoisotopic (exact) mass is 582 g/mol. The molecule has 1 fully saturated rings. The number of halogens is 3. The van der Waals surface area contributed by atoms with Crippen LogP contribution in [0.25, 0.3) is 10.9 Å². The summed E-state index contributed by atoms with van der Waals surface area (Å²) in [6.07, 6.45) is -8.89. The fraction of sp³-hybridized carbons (Fsp3) is 0.423. The number of ether oxygens (including phenoxy) is 6. The second kappa shape index (κ2) is 12.3. The average Bonchev–Trinajstić information content (AvgIpc) is 3.24. The number of alkyl halides is 3. The third-order valence-electron chi connectivity index (χ3n) is 6.43. The normalized spacial score (nSPS) is 22.8. The molecule has 5 atom stereocenters. The van der Waals surface area contributed by atoms with Crippen molar-refractivity contribution in [3.63, 3.8) is 0 Å². The van der Waals surface area contributed by atoms with Crippen molar-refractivity contribution in [2.45, 2.75) is 44.0 Å². The zero-order valence-corrected chi connectivity index (χ0v) is 22.7. The Balaban J connectivity index is 1.44. The van der Waals surface area contributed by atoms with Crippen molar-refractivity contribution in [3.8, 4) is 5.75 Å². The molecule has 222 valence electrons. The molecule has 0 aliphatic carbocycles. The van der Waals surface area contributed by atoms with Gasteiger partial charge in [0.2, 0.25) is 6.29 Å². The molecule has 1 saturated heterocycles. The number of carbonyl (C=O) groups excluding carboxylic acids is 2. The average molecular weight is 583 g/mol. The largest absolute Gasteiger partial charge is 0.573 e. The molecule has 2 aromatic carbocycles. The van der Waals surface area contributed by atoms with Crippen LogP contribution in [0.5, 0.6) is 5.75 Å². The lowest BCUT2D eigenvalue weighted by Gasteiger charge is -2.43. The highest BCUT2D eigenvalue weighted by Gasteiger charge is 2.47. The second-order valence-electron chi connectivity index (χ2n) is 9.07. The van der Waals surface area contributed by atoms with Crippen molar-refractivity contribution in [1.82, 2.24) is 9.78 Å². The number of anilines is 2. The Bertz CT molecular complexity index is 1380. The Morgan fingerprint density at radius 1 is 0.927 bits per heavy atom. The summed E-state index contributed by atoms with van der Waals surface area (Å²) in [5.74, 6) is -1.01. The SMILES string of the molecule is CO[C@@H]1[C@@H](OC)[C@H](C)O[C@@H](OC(=O)Nc2ccc3c(C(=O)Nc4ccc(OC(F)(F)F)cc4)nn(C)c3c2)[C@@H]1OC. The van der Waals surface area contributed by atoms with E-state index >= 15 is 0 Å². The number of nitrogens with zero attached hydrogens (tertiary/aromatic N) is 2. The van der Waals surface area contributed by atoms with Crippen molar-refractivity contribution in [2.75, 3.05) is 32.0 Å². The minimum atomic E-state index is -4.82. The maximum Gasteiger partial charge on any atom is 0.573 e. The Morgan fingerprint density at radius 3 is 2.17 bits per heavy atom. The number of rotatable bonds is 8. The highest BCUT2D eigenvalue weighted by Crippen LogP contribution is 2.29. The predicted molar refractivity (Wildman–Crippen MR) is 139 cm³/mol. The molecule has 1 aliphatic heterocycles. The number of carbonyl (C=O) groups is 2. The van der Waals surface area contributed by atoms with Gasteiger partial charge in [0.1, 0.15) is 24.1 Å². The second-order valence-corrected chi connectivity index (χ2v) is 9.07. The number of amides is 2. The van der Waals surface area contributed by atoms with E-state index in [1.807, 2.05) is 0 Å². The summed E-state index contributed by atoms with van der Waals surface area (Å²) in [7, 11) is 6.08. The smallest absolute Gasteiger partial charge is 0.416 e. The van der Waals surface area contributed by atoms with Crippen LogP contribution < -0.4 is 15.4 Å². The van der Waals surface area contributed by atoms with Gasteiger partial charge in [-0.3, -0.25) is 14.8 Å². The lowest BCUT2D eigenvalue weighted by atomic mass is 9.99. The molecule has 41 heavy (non-hydrogen) atoms. The summed E-state index contributed by atoms with van der Waals surface area (Å²) >= 11 is 0. The van der Waals surface area contributed by atoms with Gasteiger partial charge in [0.25, 0.3) is 5.91 Å². The lowest BCUT2D eigenvalue weighted by Crippen LogP contribution is -2.59. The molecule has 0 radical (unpaired) electrons. The molecule has 3 aromatic rings. The molecular formula is C26H29F3N4O8. The van der Waals surface area contributed by atoms with Gasteiger partial charge in [-0.25, -0.2) is 4.79 Å². The first-order chi connectivity index (χ1) is 19.4. The van der Waals surface area contributed by atoms with Gasteiger partial charge < -0.3 is 33.7 Å². The molecule has 0 spiro atoms. The van der Waals surface area contributed by atoms with Crippen LogP contribution in [0.3, 0.4) is 0 Å². The van der Waals surface area contributed by atoms with Crippen LogP contribution in [0.15, 0.2) is 42.5 Å². The maximum absolute atomic E-state index is 12.9. The van der Waals surface area contributed by atoms with Crippen LogP contribution in [-0.4, -0.2) is 80.2 Å². The topological polar surface area (TPSA) is 131 Å². The standard InChI is InChI=1S/C26H29F3N4O8/c1-13-20(36-3)21(37-4)22(38-5)24(39-13)40-25(35)31-15-8-11-17-18(12-15)33(2)32-19(17)23(34)30-14-6-9-16(10-7-14)41-26(27,28)29/h6-13,20-22,24H,1-5H3,(H,30,34)(H,31,35)/t13-,20-,21+,22+,24-/m0/s1. The van der Waals surface area contributed by atoms with E-state index in [1.165, 1.54) is 38.1 Å². The number of hydrogen-bond acceptors (Lipinski definition) is 9. The van der Waals surface area contributed by atoms with Gasteiger partial charge in [0.05, 0.1) is 11.6 Å². The van der Waals surface area contributed by atoms with E-state index in [0.29, 0.717) is 16.6 Å². The van der Waals surface area contributed by atoms with Crippen LogP contribution in [0, 0.1) is 0 Å². The third kappa shape index (κ3) is 6.87. The zero-order valence-electron chi connectivity index (χ0n) is 22.7. The van der Waals surface area contributed by atoms with Gasteiger partial charge in [0, 0.05) is 45.1 Å². The number of nitrogens with one attached hydrogen (secondary N) is 2. The molecule has 15 heteroatoms. The number of aryl methyl sites for hydroxylation is 1. The molecular weight excluding hydrogens is 553 g/mol. The Labute approximate surface area is 232 Å². The van der Waals surface area contributed by atoms with Gasteiger partial charge in [-0.05, 0) is 49.4 Å². The van der Waals surface area contributed by atoms with Crippen LogP contribution in [-0.2, 0) is 30.7 Å². The summed E-state index contributed by atoms with van der Waals surface area (Å²) in [4.78, 5) is 25.6. The number of benzene rings is 2. The molecule has 2 heterocycles. The number of hydrogen-bond donors (Lipinski definition) is 2. The Kier molecular flexibility index (Phi) is 9.01. The number of fused-ring (bicyclic) bond motifs is 1. The first-order valence-electron chi connectivity index (χ1n) is 12.3. The van der Waals surface area contributed by atoms with Crippen LogP contribution >= 0.6 is 0 Å². The molecule has 2 N–H and O–H groups in total.